The van der Waals surface area contributed by atoms with Crippen LogP contribution in [-0.4, -0.2) is 30.7 Å². The van der Waals surface area contributed by atoms with Crippen molar-refractivity contribution in [1.82, 2.24) is 14.5 Å². The third-order valence-corrected chi connectivity index (χ3v) is 4.35. The van der Waals surface area contributed by atoms with Crippen molar-refractivity contribution in [1.29, 1.82) is 0 Å². The summed E-state index contributed by atoms with van der Waals surface area (Å²) in [4.78, 5) is 31.6. The minimum absolute atomic E-state index is 0.0777. The smallest absolute Gasteiger partial charge is 0.335 e. The van der Waals surface area contributed by atoms with Crippen LogP contribution in [0.4, 0.5) is 0 Å². The van der Waals surface area contributed by atoms with Crippen LogP contribution in [0.15, 0.2) is 76.2 Å². The van der Waals surface area contributed by atoms with Crippen LogP contribution in [0.2, 0.25) is 0 Å². The van der Waals surface area contributed by atoms with Crippen molar-refractivity contribution in [2.24, 2.45) is 0 Å². The maximum absolute atomic E-state index is 12.8. The molecule has 2 heterocycles. The number of rotatable bonds is 4. The quantitative estimate of drug-likeness (QED) is 0.494. The van der Waals surface area contributed by atoms with Gasteiger partial charge in [0.2, 0.25) is 5.88 Å². The van der Waals surface area contributed by atoms with Crippen LogP contribution < -0.4 is 5.56 Å². The molecule has 0 aliphatic carbocycles. The fourth-order valence-electron chi connectivity index (χ4n) is 2.82. The van der Waals surface area contributed by atoms with Crippen LogP contribution in [0.1, 0.15) is 21.6 Å². The first-order chi connectivity index (χ1) is 15.0. The first-order valence-corrected chi connectivity index (χ1v) is 9.16. The van der Waals surface area contributed by atoms with Crippen LogP contribution in [0.5, 0.6) is 5.88 Å². The van der Waals surface area contributed by atoms with Gasteiger partial charge in [-0.2, -0.15) is 4.98 Å². The Balaban J connectivity index is 1.63. The third kappa shape index (κ3) is 4.36. The number of hydrogen-bond acceptors (Lipinski definition) is 6. The summed E-state index contributed by atoms with van der Waals surface area (Å²) >= 11 is 0. The molecule has 4 rings (SSSR count). The molecule has 0 radical (unpaired) electrons. The van der Waals surface area contributed by atoms with E-state index in [1.807, 2.05) is 30.3 Å². The summed E-state index contributed by atoms with van der Waals surface area (Å²) in [6.45, 7) is 0. The monoisotopic (exact) mass is 413 g/mol. The molecule has 0 spiro atoms. The molecule has 2 aromatic heterocycles. The molecule has 4 aromatic rings. The normalized spacial score (nSPS) is 10.3. The second kappa shape index (κ2) is 8.39. The highest BCUT2D eigenvalue weighted by Gasteiger charge is 2.14. The molecule has 0 fully saturated rings. The van der Waals surface area contributed by atoms with Crippen LogP contribution >= 0.6 is 0 Å². The molecule has 0 aliphatic heterocycles. The van der Waals surface area contributed by atoms with Gasteiger partial charge in [0, 0.05) is 12.0 Å². The summed E-state index contributed by atoms with van der Waals surface area (Å²) < 4.78 is 6.66. The number of nitrogens with zero attached hydrogens (tertiary/aromatic N) is 3. The third-order valence-electron chi connectivity index (χ3n) is 4.35. The summed E-state index contributed by atoms with van der Waals surface area (Å²) in [5, 5.41) is 18.9. The van der Waals surface area contributed by atoms with E-state index in [-0.39, 0.29) is 17.3 Å². The average molecular weight is 413 g/mol. The fraction of sp³-hybridized carbons (Fsp3) is 0.0435. The van der Waals surface area contributed by atoms with Gasteiger partial charge in [0.05, 0.1) is 18.0 Å². The minimum Gasteiger partial charge on any atom is -0.492 e. The number of aromatic nitrogens is 3. The summed E-state index contributed by atoms with van der Waals surface area (Å²) in [5.41, 5.74) is 0.978. The van der Waals surface area contributed by atoms with Gasteiger partial charge in [-0.25, -0.2) is 14.3 Å². The van der Waals surface area contributed by atoms with E-state index >= 15 is 0 Å². The molecule has 0 amide bonds. The van der Waals surface area contributed by atoms with Crippen molar-refractivity contribution in [2.75, 3.05) is 0 Å². The van der Waals surface area contributed by atoms with Gasteiger partial charge >= 0.3 is 12.0 Å². The van der Waals surface area contributed by atoms with Gasteiger partial charge in [-0.15, -0.1) is 0 Å². The van der Waals surface area contributed by atoms with E-state index in [0.717, 1.165) is 16.3 Å². The molecule has 0 bridgehead atoms. The fourth-order valence-corrected chi connectivity index (χ4v) is 2.82. The van der Waals surface area contributed by atoms with Crippen molar-refractivity contribution < 1.29 is 19.4 Å². The van der Waals surface area contributed by atoms with Crippen LogP contribution in [0.3, 0.4) is 0 Å². The predicted molar refractivity (Wildman–Crippen MR) is 111 cm³/mol. The van der Waals surface area contributed by atoms with Crippen LogP contribution in [0, 0.1) is 11.8 Å². The minimum atomic E-state index is -1.04. The number of oxazole rings is 1. The summed E-state index contributed by atoms with van der Waals surface area (Å²) in [5.74, 6) is 4.44. The highest BCUT2D eigenvalue weighted by Crippen LogP contribution is 2.22. The highest BCUT2D eigenvalue weighted by molar-refractivity contribution is 5.88. The molecule has 2 N–H and O–H groups in total. The Labute approximate surface area is 176 Å². The Morgan fingerprint density at radius 1 is 1.10 bits per heavy atom. The zero-order chi connectivity index (χ0) is 21.8. The molecular formula is C23H15N3O5. The van der Waals surface area contributed by atoms with Gasteiger partial charge < -0.3 is 14.6 Å². The Kier molecular flexibility index (Phi) is 5.32. The second-order valence-corrected chi connectivity index (χ2v) is 6.48. The lowest BCUT2D eigenvalue weighted by atomic mass is 10.1. The summed E-state index contributed by atoms with van der Waals surface area (Å²) in [7, 11) is 0. The average Bonchev–Trinajstić information content (AvgIpc) is 3.27. The second-order valence-electron chi connectivity index (χ2n) is 6.48. The van der Waals surface area contributed by atoms with Crippen LogP contribution in [-0.2, 0) is 6.42 Å². The molecule has 31 heavy (non-hydrogen) atoms. The van der Waals surface area contributed by atoms with E-state index < -0.39 is 17.4 Å². The van der Waals surface area contributed by atoms with Crippen molar-refractivity contribution in [3.8, 4) is 35.1 Å². The Morgan fingerprint density at radius 3 is 2.55 bits per heavy atom. The molecule has 0 aliphatic rings. The standard InChI is InChI=1S/C23H15N3O5/c27-20-14-26(21(28)18(25-20)8-4-7-15-5-2-1-3-6-15)23-24-13-19(31-23)16-9-11-17(12-10-16)22(29)30/h1-3,5-6,9-14,27H,7H2,(H,29,30). The zero-order valence-electron chi connectivity index (χ0n) is 16.0. The number of aromatic hydroxyl groups is 1. The summed E-state index contributed by atoms with van der Waals surface area (Å²) in [6.07, 6.45) is 2.91. The number of benzene rings is 2. The molecule has 0 saturated heterocycles. The Hall–Kier alpha value is -4.64. The Bertz CT molecular complexity index is 1360. The van der Waals surface area contributed by atoms with E-state index in [1.165, 1.54) is 18.3 Å². The van der Waals surface area contributed by atoms with E-state index in [4.69, 9.17) is 9.52 Å². The van der Waals surface area contributed by atoms with Gasteiger partial charge in [0.1, 0.15) is 0 Å². The van der Waals surface area contributed by atoms with Crippen molar-refractivity contribution >= 4 is 5.97 Å². The lowest BCUT2D eigenvalue weighted by molar-refractivity contribution is 0.0697. The molecule has 8 heteroatoms. The molecule has 0 atom stereocenters. The number of aromatic carboxylic acids is 1. The number of carboxylic acids is 1. The van der Waals surface area contributed by atoms with E-state index in [2.05, 4.69) is 21.8 Å². The van der Waals surface area contributed by atoms with Crippen LogP contribution in [0.25, 0.3) is 17.3 Å². The molecule has 8 nitrogen and oxygen atoms in total. The molecule has 0 saturated carbocycles. The maximum Gasteiger partial charge on any atom is 0.335 e. The van der Waals surface area contributed by atoms with Crippen molar-refractivity contribution in [2.45, 2.75) is 6.42 Å². The van der Waals surface area contributed by atoms with E-state index in [9.17, 15) is 14.7 Å². The Morgan fingerprint density at radius 2 is 1.84 bits per heavy atom. The van der Waals surface area contributed by atoms with Crippen molar-refractivity contribution in [3.63, 3.8) is 0 Å². The van der Waals surface area contributed by atoms with Gasteiger partial charge in [-0.1, -0.05) is 48.4 Å². The first-order valence-electron chi connectivity index (χ1n) is 9.16. The predicted octanol–water partition coefficient (Wildman–Crippen LogP) is 2.89. The maximum atomic E-state index is 12.8. The van der Waals surface area contributed by atoms with Gasteiger partial charge in [0.25, 0.3) is 5.56 Å². The lowest BCUT2D eigenvalue weighted by Gasteiger charge is -2.02. The highest BCUT2D eigenvalue weighted by atomic mass is 16.4. The van der Waals surface area contributed by atoms with Gasteiger partial charge in [-0.05, 0) is 23.6 Å². The number of hydrogen-bond donors (Lipinski definition) is 2. The number of carbonyl (C=O) groups is 1. The summed E-state index contributed by atoms with van der Waals surface area (Å²) in [6, 6.07) is 15.5. The van der Waals surface area contributed by atoms with E-state index in [0.29, 0.717) is 17.7 Å². The van der Waals surface area contributed by atoms with Gasteiger partial charge in [-0.3, -0.25) is 4.79 Å². The molecule has 152 valence electrons. The molecule has 2 aromatic carbocycles. The zero-order valence-corrected chi connectivity index (χ0v) is 16.0. The molecular weight excluding hydrogens is 398 g/mol. The first kappa shape index (κ1) is 19.7. The topological polar surface area (TPSA) is 118 Å². The van der Waals surface area contributed by atoms with E-state index in [1.54, 1.807) is 12.1 Å². The van der Waals surface area contributed by atoms with Gasteiger partial charge in [0.15, 0.2) is 11.5 Å². The lowest BCUT2D eigenvalue weighted by Crippen LogP contribution is -2.22. The number of carboxylic acid groups (broad SMARTS) is 1. The van der Waals surface area contributed by atoms with Crippen molar-refractivity contribution in [3.05, 3.63) is 94.2 Å². The largest absolute Gasteiger partial charge is 0.492 e. The molecule has 0 unspecified atom stereocenters. The SMILES string of the molecule is O=C(O)c1ccc(-c2cnc(-n3cc(O)nc(C#CCc4ccccc4)c3=O)o2)cc1.